The average molecular weight is 457 g/mol. The Balaban J connectivity index is 1.91. The van der Waals surface area contributed by atoms with Gasteiger partial charge in [-0.05, 0) is 41.0 Å². The van der Waals surface area contributed by atoms with Gasteiger partial charge >= 0.3 is 0 Å². The molecule has 1 heterocycles. The molecule has 0 aliphatic heterocycles. The van der Waals surface area contributed by atoms with Gasteiger partial charge in [0.2, 0.25) is 6.41 Å². The molecule has 0 fully saturated rings. The summed E-state index contributed by atoms with van der Waals surface area (Å²) in [6.45, 7) is 7.01. The van der Waals surface area contributed by atoms with Crippen molar-refractivity contribution in [1.29, 1.82) is 0 Å². The van der Waals surface area contributed by atoms with E-state index in [2.05, 4.69) is 44.3 Å². The highest BCUT2D eigenvalue weighted by Crippen LogP contribution is 2.37. The molecule has 1 aromatic heterocycles. The fourth-order valence-corrected chi connectivity index (χ4v) is 4.79. The molecule has 31 heavy (non-hydrogen) atoms. The molecule has 0 aliphatic rings. The lowest BCUT2D eigenvalue weighted by Crippen LogP contribution is -2.15. The number of hydrogen-bond donors (Lipinski definition) is 2. The normalized spacial score (nSPS) is 12.5. The summed E-state index contributed by atoms with van der Waals surface area (Å²) in [6, 6.07) is 14.3. The van der Waals surface area contributed by atoms with E-state index < -0.39 is 0 Å². The van der Waals surface area contributed by atoms with Crippen LogP contribution in [0.2, 0.25) is 5.02 Å². The van der Waals surface area contributed by atoms with Crippen molar-refractivity contribution in [2.45, 2.75) is 51.4 Å². The highest BCUT2D eigenvalue weighted by Gasteiger charge is 2.23. The fraction of sp³-hybridized carbons (Fsp3) is 0.360. The van der Waals surface area contributed by atoms with Gasteiger partial charge in [0.25, 0.3) is 0 Å². The van der Waals surface area contributed by atoms with Crippen LogP contribution >= 0.6 is 22.9 Å². The predicted molar refractivity (Wildman–Crippen MR) is 128 cm³/mol. The van der Waals surface area contributed by atoms with E-state index in [-0.39, 0.29) is 17.1 Å². The molecule has 3 aromatic rings. The van der Waals surface area contributed by atoms with Gasteiger partial charge in [0.1, 0.15) is 5.75 Å². The van der Waals surface area contributed by atoms with Crippen LogP contribution in [0.1, 0.15) is 60.4 Å². The number of carbonyl (C=O) groups is 1. The number of aromatic nitrogens is 1. The molecule has 1 unspecified atom stereocenters. The minimum atomic E-state index is -0.0570. The van der Waals surface area contributed by atoms with Crippen molar-refractivity contribution in [2.24, 2.45) is 0 Å². The SMILES string of the molecule is CC(C)(C)c1cc(Cl)c(O)c(CCC(c2ccccc2)c2ncsc2CCNC=O)c1. The monoisotopic (exact) mass is 456 g/mol. The summed E-state index contributed by atoms with van der Waals surface area (Å²) in [6.07, 6.45) is 2.95. The Labute approximate surface area is 193 Å². The van der Waals surface area contributed by atoms with Gasteiger partial charge in [0.05, 0.1) is 16.2 Å². The van der Waals surface area contributed by atoms with Crippen LogP contribution in [0.3, 0.4) is 0 Å². The zero-order chi connectivity index (χ0) is 22.4. The molecule has 0 saturated carbocycles. The Hall–Kier alpha value is -2.37. The first-order valence-electron chi connectivity index (χ1n) is 10.5. The highest BCUT2D eigenvalue weighted by atomic mass is 35.5. The second-order valence-electron chi connectivity index (χ2n) is 8.70. The third-order valence-electron chi connectivity index (χ3n) is 5.49. The van der Waals surface area contributed by atoms with Gasteiger partial charge in [-0.1, -0.05) is 68.8 Å². The van der Waals surface area contributed by atoms with Crippen molar-refractivity contribution < 1.29 is 9.90 Å². The number of benzene rings is 2. The summed E-state index contributed by atoms with van der Waals surface area (Å²) >= 11 is 7.98. The van der Waals surface area contributed by atoms with Crippen molar-refractivity contribution in [3.05, 3.63) is 80.3 Å². The Bertz CT molecular complexity index is 1010. The van der Waals surface area contributed by atoms with Gasteiger partial charge in [-0.15, -0.1) is 11.3 Å². The maximum Gasteiger partial charge on any atom is 0.207 e. The number of phenolic OH excluding ortho intramolecular Hbond substituents is 1. The van der Waals surface area contributed by atoms with Crippen LogP contribution in [-0.4, -0.2) is 23.0 Å². The van der Waals surface area contributed by atoms with Crippen LogP contribution in [0.5, 0.6) is 5.75 Å². The average Bonchev–Trinajstić information content (AvgIpc) is 3.19. The molecule has 2 N–H and O–H groups in total. The largest absolute Gasteiger partial charge is 0.506 e. The summed E-state index contributed by atoms with van der Waals surface area (Å²) in [5.41, 5.74) is 6.01. The second-order valence-corrected chi connectivity index (χ2v) is 10.0. The van der Waals surface area contributed by atoms with E-state index in [9.17, 15) is 9.90 Å². The zero-order valence-corrected chi connectivity index (χ0v) is 19.8. The smallest absolute Gasteiger partial charge is 0.207 e. The molecule has 1 atom stereocenters. The van der Waals surface area contributed by atoms with Crippen LogP contribution in [0.25, 0.3) is 0 Å². The van der Waals surface area contributed by atoms with Crippen LogP contribution < -0.4 is 5.32 Å². The Morgan fingerprint density at radius 3 is 2.61 bits per heavy atom. The topological polar surface area (TPSA) is 62.2 Å². The van der Waals surface area contributed by atoms with Crippen molar-refractivity contribution >= 4 is 29.3 Å². The predicted octanol–water partition coefficient (Wildman–Crippen LogP) is 5.85. The summed E-state index contributed by atoms with van der Waals surface area (Å²) in [4.78, 5) is 16.5. The van der Waals surface area contributed by atoms with E-state index in [4.69, 9.17) is 16.6 Å². The summed E-state index contributed by atoms with van der Waals surface area (Å²) in [5.74, 6) is 0.255. The molecular weight excluding hydrogens is 428 g/mol. The summed E-state index contributed by atoms with van der Waals surface area (Å²) < 4.78 is 0. The maximum atomic E-state index is 10.6. The quantitative estimate of drug-likeness (QED) is 0.313. The van der Waals surface area contributed by atoms with E-state index in [1.165, 1.54) is 10.4 Å². The van der Waals surface area contributed by atoms with Crippen molar-refractivity contribution in [1.82, 2.24) is 10.3 Å². The summed E-state index contributed by atoms with van der Waals surface area (Å²) in [7, 11) is 0. The van der Waals surface area contributed by atoms with Gasteiger partial charge < -0.3 is 10.4 Å². The van der Waals surface area contributed by atoms with E-state index in [0.717, 1.165) is 36.1 Å². The van der Waals surface area contributed by atoms with E-state index >= 15 is 0 Å². The lowest BCUT2D eigenvalue weighted by atomic mass is 9.84. The number of nitrogens with one attached hydrogen (secondary N) is 1. The number of phenols is 1. The minimum Gasteiger partial charge on any atom is -0.506 e. The fourth-order valence-electron chi connectivity index (χ4n) is 3.72. The van der Waals surface area contributed by atoms with E-state index in [1.807, 2.05) is 29.8 Å². The number of rotatable bonds is 9. The summed E-state index contributed by atoms with van der Waals surface area (Å²) in [5, 5.41) is 13.7. The first-order chi connectivity index (χ1) is 14.8. The van der Waals surface area contributed by atoms with Crippen LogP contribution in [0.15, 0.2) is 48.0 Å². The van der Waals surface area contributed by atoms with Crippen molar-refractivity contribution in [2.75, 3.05) is 6.54 Å². The molecule has 0 spiro atoms. The number of halogens is 1. The van der Waals surface area contributed by atoms with Gasteiger partial charge in [-0.2, -0.15) is 0 Å². The van der Waals surface area contributed by atoms with Crippen molar-refractivity contribution in [3.63, 3.8) is 0 Å². The zero-order valence-electron chi connectivity index (χ0n) is 18.2. The molecule has 0 saturated heterocycles. The van der Waals surface area contributed by atoms with Gasteiger partial charge in [-0.3, -0.25) is 4.79 Å². The minimum absolute atomic E-state index is 0.0570. The number of nitrogens with zero attached hydrogens (tertiary/aromatic N) is 1. The van der Waals surface area contributed by atoms with E-state index in [0.29, 0.717) is 18.0 Å². The number of aromatic hydroxyl groups is 1. The van der Waals surface area contributed by atoms with Crippen LogP contribution in [-0.2, 0) is 23.1 Å². The van der Waals surface area contributed by atoms with E-state index in [1.54, 1.807) is 11.3 Å². The lowest BCUT2D eigenvalue weighted by Gasteiger charge is -2.22. The maximum absolute atomic E-state index is 10.6. The molecule has 0 bridgehead atoms. The third kappa shape index (κ3) is 5.86. The van der Waals surface area contributed by atoms with Gasteiger partial charge in [-0.25, -0.2) is 4.98 Å². The highest BCUT2D eigenvalue weighted by molar-refractivity contribution is 7.09. The number of thiazole rings is 1. The first kappa shape index (κ1) is 23.3. The Morgan fingerprint density at radius 2 is 1.94 bits per heavy atom. The van der Waals surface area contributed by atoms with Gasteiger partial charge in [0.15, 0.2) is 0 Å². The first-order valence-corrected chi connectivity index (χ1v) is 11.7. The standard InChI is InChI=1S/C25H29ClN2O2S/c1-25(2,3)19-13-18(24(30)21(26)14-19)9-10-20(17-7-5-4-6-8-17)23-22(31-16-28-23)11-12-27-15-29/h4-8,13-16,20,30H,9-12H2,1-3H3,(H,27,29). The Kier molecular flexibility index (Phi) is 7.74. The van der Waals surface area contributed by atoms with Gasteiger partial charge in [0, 0.05) is 23.8 Å². The number of aryl methyl sites for hydroxylation is 1. The molecule has 0 radical (unpaired) electrons. The lowest BCUT2D eigenvalue weighted by molar-refractivity contribution is -0.109. The Morgan fingerprint density at radius 1 is 1.19 bits per heavy atom. The number of amides is 1. The second kappa shape index (κ2) is 10.3. The third-order valence-corrected chi connectivity index (χ3v) is 6.69. The number of carbonyl (C=O) groups excluding carboxylic acids is 1. The molecule has 164 valence electrons. The molecule has 4 nitrogen and oxygen atoms in total. The van der Waals surface area contributed by atoms with Crippen LogP contribution in [0.4, 0.5) is 0 Å². The molecule has 0 aliphatic carbocycles. The molecule has 2 aromatic carbocycles. The van der Waals surface area contributed by atoms with Crippen LogP contribution in [0, 0.1) is 0 Å². The van der Waals surface area contributed by atoms with Crippen molar-refractivity contribution in [3.8, 4) is 5.75 Å². The molecule has 3 rings (SSSR count). The molecule has 1 amide bonds. The molecular formula is C25H29ClN2O2S. The molecule has 6 heteroatoms. The number of hydrogen-bond acceptors (Lipinski definition) is 4.